The summed E-state index contributed by atoms with van der Waals surface area (Å²) in [5.41, 5.74) is 7.83. The third-order valence-corrected chi connectivity index (χ3v) is 3.99. The zero-order valence-electron chi connectivity index (χ0n) is 12.9. The van der Waals surface area contributed by atoms with Crippen LogP contribution in [0.15, 0.2) is 18.2 Å². The third kappa shape index (κ3) is 3.57. The Balaban J connectivity index is 1.90. The molecule has 1 atom stereocenters. The number of nitrogens with one attached hydrogen (secondary N) is 1. The Kier molecular flexibility index (Phi) is 5.12. The predicted octanol–water partition coefficient (Wildman–Crippen LogP) is 2.81. The molecule has 0 bridgehead atoms. The second-order valence-electron chi connectivity index (χ2n) is 5.77. The topological polar surface area (TPSA) is 50.5 Å². The quantitative estimate of drug-likeness (QED) is 0.785. The smallest absolute Gasteiger partial charge is 0.144 e. The summed E-state index contributed by atoms with van der Waals surface area (Å²) in [5, 5.41) is 3.48. The van der Waals surface area contributed by atoms with E-state index in [9.17, 15) is 0 Å². The van der Waals surface area contributed by atoms with E-state index >= 15 is 0 Å². The molecule has 112 valence electrons. The fourth-order valence-corrected chi connectivity index (χ4v) is 2.73. The molecule has 0 saturated carbocycles. The first kappa shape index (κ1) is 15.0. The van der Waals surface area contributed by atoms with Gasteiger partial charge in [-0.05, 0) is 51.8 Å². The summed E-state index contributed by atoms with van der Waals surface area (Å²) >= 11 is 0. The molecular formula is C16H27N3O. The van der Waals surface area contributed by atoms with Gasteiger partial charge in [0.25, 0.3) is 0 Å². The number of anilines is 2. The molecule has 0 aliphatic carbocycles. The van der Waals surface area contributed by atoms with E-state index in [1.807, 2.05) is 25.1 Å². The molecule has 1 heterocycles. The maximum Gasteiger partial charge on any atom is 0.144 e. The summed E-state index contributed by atoms with van der Waals surface area (Å²) in [6.45, 7) is 10.5. The van der Waals surface area contributed by atoms with E-state index in [4.69, 9.17) is 10.5 Å². The van der Waals surface area contributed by atoms with Crippen LogP contribution < -0.4 is 15.8 Å². The number of ether oxygens (including phenoxy) is 1. The molecule has 3 N–H and O–H groups in total. The molecule has 0 spiro atoms. The first-order chi connectivity index (χ1) is 9.61. The highest BCUT2D eigenvalue weighted by Gasteiger charge is 2.23. The Morgan fingerprint density at radius 1 is 1.45 bits per heavy atom. The first-order valence-corrected chi connectivity index (χ1v) is 7.61. The van der Waals surface area contributed by atoms with E-state index in [0.29, 0.717) is 24.3 Å². The van der Waals surface area contributed by atoms with Crippen molar-refractivity contribution in [2.45, 2.75) is 33.2 Å². The summed E-state index contributed by atoms with van der Waals surface area (Å²) in [4.78, 5) is 2.53. The molecule has 4 nitrogen and oxygen atoms in total. The van der Waals surface area contributed by atoms with Crippen molar-refractivity contribution in [1.29, 1.82) is 0 Å². The molecule has 0 amide bonds. The van der Waals surface area contributed by atoms with Crippen molar-refractivity contribution in [3.8, 4) is 5.75 Å². The molecule has 0 radical (unpaired) electrons. The van der Waals surface area contributed by atoms with Gasteiger partial charge in [-0.1, -0.05) is 6.07 Å². The number of benzene rings is 1. The van der Waals surface area contributed by atoms with Gasteiger partial charge < -0.3 is 20.7 Å². The summed E-state index contributed by atoms with van der Waals surface area (Å²) in [5.74, 6) is 1.47. The summed E-state index contributed by atoms with van der Waals surface area (Å²) in [6.07, 6.45) is 1.26. The molecule has 1 fully saturated rings. The zero-order valence-corrected chi connectivity index (χ0v) is 12.9. The SMILES string of the molecule is CCOc1cccc(NCC2CCN(C(C)C)C2)c1N. The Morgan fingerprint density at radius 2 is 2.25 bits per heavy atom. The Bertz CT molecular complexity index is 434. The van der Waals surface area contributed by atoms with Gasteiger partial charge >= 0.3 is 0 Å². The average Bonchev–Trinajstić information content (AvgIpc) is 2.89. The van der Waals surface area contributed by atoms with E-state index in [-0.39, 0.29) is 0 Å². The van der Waals surface area contributed by atoms with Crippen LogP contribution in [-0.4, -0.2) is 37.2 Å². The number of hydrogen-bond acceptors (Lipinski definition) is 4. The number of nitrogens with zero attached hydrogens (tertiary/aromatic N) is 1. The number of nitrogens with two attached hydrogens (primary N) is 1. The van der Waals surface area contributed by atoms with Gasteiger partial charge in [0.15, 0.2) is 0 Å². The molecule has 1 saturated heterocycles. The van der Waals surface area contributed by atoms with E-state index in [0.717, 1.165) is 18.0 Å². The van der Waals surface area contributed by atoms with Crippen LogP contribution in [0.2, 0.25) is 0 Å². The second-order valence-corrected chi connectivity index (χ2v) is 5.77. The highest BCUT2D eigenvalue weighted by Crippen LogP contribution is 2.30. The third-order valence-electron chi connectivity index (χ3n) is 3.99. The average molecular weight is 277 g/mol. The van der Waals surface area contributed by atoms with Gasteiger partial charge in [-0.15, -0.1) is 0 Å². The number of para-hydroxylation sites is 1. The lowest BCUT2D eigenvalue weighted by Gasteiger charge is -2.20. The van der Waals surface area contributed by atoms with E-state index in [2.05, 4.69) is 24.1 Å². The van der Waals surface area contributed by atoms with Crippen molar-refractivity contribution in [3.05, 3.63) is 18.2 Å². The monoisotopic (exact) mass is 277 g/mol. The maximum atomic E-state index is 6.13. The van der Waals surface area contributed by atoms with Crippen LogP contribution in [0.25, 0.3) is 0 Å². The summed E-state index contributed by atoms with van der Waals surface area (Å²) in [6, 6.07) is 6.57. The number of hydrogen-bond donors (Lipinski definition) is 2. The minimum Gasteiger partial charge on any atom is -0.492 e. The molecule has 1 unspecified atom stereocenters. The Morgan fingerprint density at radius 3 is 2.90 bits per heavy atom. The molecule has 4 heteroatoms. The van der Waals surface area contributed by atoms with E-state index < -0.39 is 0 Å². The van der Waals surface area contributed by atoms with Crippen LogP contribution in [0.5, 0.6) is 5.75 Å². The van der Waals surface area contributed by atoms with Crippen molar-refractivity contribution in [2.75, 3.05) is 37.3 Å². The summed E-state index contributed by atoms with van der Waals surface area (Å²) in [7, 11) is 0. The lowest BCUT2D eigenvalue weighted by atomic mass is 10.1. The van der Waals surface area contributed by atoms with Crippen molar-refractivity contribution in [1.82, 2.24) is 4.90 Å². The van der Waals surface area contributed by atoms with E-state index in [1.165, 1.54) is 19.5 Å². The number of nitrogen functional groups attached to an aromatic ring is 1. The number of rotatable bonds is 6. The Labute approximate surface area is 122 Å². The fraction of sp³-hybridized carbons (Fsp3) is 0.625. The van der Waals surface area contributed by atoms with Crippen molar-refractivity contribution >= 4 is 11.4 Å². The fourth-order valence-electron chi connectivity index (χ4n) is 2.73. The highest BCUT2D eigenvalue weighted by atomic mass is 16.5. The molecule has 20 heavy (non-hydrogen) atoms. The van der Waals surface area contributed by atoms with E-state index in [1.54, 1.807) is 0 Å². The van der Waals surface area contributed by atoms with Crippen LogP contribution in [0.4, 0.5) is 11.4 Å². The van der Waals surface area contributed by atoms with Crippen LogP contribution in [0.1, 0.15) is 27.2 Å². The standard InChI is InChI=1S/C16H27N3O/c1-4-20-15-7-5-6-14(16(15)17)18-10-13-8-9-19(11-13)12(2)3/h5-7,12-13,18H,4,8-11,17H2,1-3H3. The van der Waals surface area contributed by atoms with Gasteiger partial charge in [0.1, 0.15) is 5.75 Å². The molecule has 0 aromatic heterocycles. The van der Waals surface area contributed by atoms with Gasteiger partial charge in [-0.2, -0.15) is 0 Å². The van der Waals surface area contributed by atoms with Crippen molar-refractivity contribution < 1.29 is 4.74 Å². The normalized spacial score (nSPS) is 19.5. The molecule has 2 rings (SSSR count). The Hall–Kier alpha value is -1.42. The highest BCUT2D eigenvalue weighted by molar-refractivity contribution is 5.72. The van der Waals surface area contributed by atoms with Crippen LogP contribution in [-0.2, 0) is 0 Å². The molecule has 1 aliphatic rings. The molecule has 1 aliphatic heterocycles. The van der Waals surface area contributed by atoms with Gasteiger partial charge in [-0.25, -0.2) is 0 Å². The van der Waals surface area contributed by atoms with Gasteiger partial charge in [0.05, 0.1) is 18.0 Å². The molecule has 1 aromatic rings. The van der Waals surface area contributed by atoms with Gasteiger partial charge in [0, 0.05) is 19.1 Å². The van der Waals surface area contributed by atoms with Crippen LogP contribution in [0.3, 0.4) is 0 Å². The minimum atomic E-state index is 0.639. The van der Waals surface area contributed by atoms with Gasteiger partial charge in [0.2, 0.25) is 0 Å². The predicted molar refractivity (Wildman–Crippen MR) is 85.3 cm³/mol. The minimum absolute atomic E-state index is 0.639. The van der Waals surface area contributed by atoms with Gasteiger partial charge in [-0.3, -0.25) is 0 Å². The maximum absolute atomic E-state index is 6.13. The van der Waals surface area contributed by atoms with Crippen molar-refractivity contribution in [2.24, 2.45) is 5.92 Å². The molecule has 1 aromatic carbocycles. The molecular weight excluding hydrogens is 250 g/mol. The first-order valence-electron chi connectivity index (χ1n) is 7.61. The zero-order chi connectivity index (χ0) is 14.5. The van der Waals surface area contributed by atoms with Crippen LogP contribution >= 0.6 is 0 Å². The second kappa shape index (κ2) is 6.84. The van der Waals surface area contributed by atoms with Crippen molar-refractivity contribution in [3.63, 3.8) is 0 Å². The van der Waals surface area contributed by atoms with Crippen LogP contribution in [0, 0.1) is 5.92 Å². The number of likely N-dealkylation sites (tertiary alicyclic amines) is 1. The lowest BCUT2D eigenvalue weighted by Crippen LogP contribution is -2.29. The summed E-state index contributed by atoms with van der Waals surface area (Å²) < 4.78 is 5.52. The largest absolute Gasteiger partial charge is 0.492 e. The lowest BCUT2D eigenvalue weighted by molar-refractivity contribution is 0.266.